The van der Waals surface area contributed by atoms with Gasteiger partial charge in [0.05, 0.1) is 6.42 Å². The van der Waals surface area contributed by atoms with Crippen LogP contribution in [0.2, 0.25) is 0 Å². The van der Waals surface area contributed by atoms with Crippen LogP contribution >= 0.6 is 0 Å². The number of nitrogens with zero attached hydrogens (tertiary/aromatic N) is 6. The summed E-state index contributed by atoms with van der Waals surface area (Å²) in [4.78, 5) is 16.2. The Morgan fingerprint density at radius 2 is 2.08 bits per heavy atom. The molecule has 3 aromatic rings. The van der Waals surface area contributed by atoms with Crippen molar-refractivity contribution in [2.45, 2.75) is 46.3 Å². The standard InChI is InChI=1S/C17H20N6O3/c1-3-10-23-14(19-21-22-23)11-25-16(24)9-8-15-18-17(20-26-15)13-6-4-12(2)5-7-13/h4-7H,3,8-11H2,1-2H3. The number of rotatable bonds is 8. The van der Waals surface area contributed by atoms with Crippen LogP contribution < -0.4 is 0 Å². The van der Waals surface area contributed by atoms with Gasteiger partial charge in [-0.15, -0.1) is 5.10 Å². The first-order valence-electron chi connectivity index (χ1n) is 8.46. The summed E-state index contributed by atoms with van der Waals surface area (Å²) in [5, 5.41) is 15.2. The molecule has 136 valence electrons. The Hall–Kier alpha value is -3.10. The Kier molecular flexibility index (Phi) is 5.67. The van der Waals surface area contributed by atoms with Crippen LogP contribution in [-0.4, -0.2) is 36.3 Å². The molecule has 9 nitrogen and oxygen atoms in total. The summed E-state index contributed by atoms with van der Waals surface area (Å²) >= 11 is 0. The summed E-state index contributed by atoms with van der Waals surface area (Å²) in [6.07, 6.45) is 1.36. The normalized spacial score (nSPS) is 10.8. The number of hydrogen-bond acceptors (Lipinski definition) is 8. The molecule has 0 spiro atoms. The number of hydrogen-bond donors (Lipinski definition) is 0. The number of aromatic nitrogens is 6. The molecule has 0 N–H and O–H groups in total. The number of esters is 1. The fourth-order valence-corrected chi connectivity index (χ4v) is 2.31. The second-order valence-corrected chi connectivity index (χ2v) is 5.86. The van der Waals surface area contributed by atoms with Crippen molar-refractivity contribution in [3.63, 3.8) is 0 Å². The monoisotopic (exact) mass is 356 g/mol. The Balaban J connectivity index is 1.49. The molecule has 0 fully saturated rings. The number of benzene rings is 1. The lowest BCUT2D eigenvalue weighted by molar-refractivity contribution is -0.145. The summed E-state index contributed by atoms with van der Waals surface area (Å²) in [5.74, 6) is 1.06. The lowest BCUT2D eigenvalue weighted by Crippen LogP contribution is -2.11. The SMILES string of the molecule is CCCn1nnnc1COC(=O)CCc1nc(-c2ccc(C)cc2)no1. The predicted molar refractivity (Wildman–Crippen MR) is 90.7 cm³/mol. The van der Waals surface area contributed by atoms with Crippen LogP contribution in [-0.2, 0) is 29.1 Å². The van der Waals surface area contributed by atoms with Crippen LogP contribution in [0.3, 0.4) is 0 Å². The van der Waals surface area contributed by atoms with Gasteiger partial charge in [-0.1, -0.05) is 41.9 Å². The Morgan fingerprint density at radius 3 is 2.85 bits per heavy atom. The van der Waals surface area contributed by atoms with E-state index in [0.29, 0.717) is 30.5 Å². The van der Waals surface area contributed by atoms with Gasteiger partial charge in [-0.25, -0.2) is 4.68 Å². The van der Waals surface area contributed by atoms with Crippen molar-refractivity contribution in [1.82, 2.24) is 30.3 Å². The minimum Gasteiger partial charge on any atom is -0.457 e. The zero-order chi connectivity index (χ0) is 18.4. The molecule has 0 bridgehead atoms. The Bertz CT molecular complexity index is 856. The van der Waals surface area contributed by atoms with E-state index in [4.69, 9.17) is 9.26 Å². The second kappa shape index (κ2) is 8.32. The molecular formula is C17H20N6O3. The molecular weight excluding hydrogens is 336 g/mol. The van der Waals surface area contributed by atoms with E-state index >= 15 is 0 Å². The van der Waals surface area contributed by atoms with Crippen LogP contribution in [0, 0.1) is 6.92 Å². The van der Waals surface area contributed by atoms with E-state index in [1.807, 2.05) is 38.1 Å². The first kappa shape index (κ1) is 17.7. The first-order valence-corrected chi connectivity index (χ1v) is 8.46. The molecule has 9 heteroatoms. The lowest BCUT2D eigenvalue weighted by atomic mass is 10.1. The molecule has 1 aromatic carbocycles. The quantitative estimate of drug-likeness (QED) is 0.565. The van der Waals surface area contributed by atoms with E-state index < -0.39 is 0 Å². The number of carbonyl (C=O) groups is 1. The Labute approximate surface area is 150 Å². The van der Waals surface area contributed by atoms with Gasteiger partial charge in [0.25, 0.3) is 0 Å². The van der Waals surface area contributed by atoms with Crippen molar-refractivity contribution in [2.24, 2.45) is 0 Å². The predicted octanol–water partition coefficient (Wildman–Crippen LogP) is 2.12. The largest absolute Gasteiger partial charge is 0.457 e. The maximum absolute atomic E-state index is 11.9. The fourth-order valence-electron chi connectivity index (χ4n) is 2.31. The van der Waals surface area contributed by atoms with E-state index in [-0.39, 0.29) is 19.0 Å². The minimum atomic E-state index is -0.369. The van der Waals surface area contributed by atoms with Crippen molar-refractivity contribution in [1.29, 1.82) is 0 Å². The minimum absolute atomic E-state index is 0.0459. The van der Waals surface area contributed by atoms with Gasteiger partial charge in [-0.3, -0.25) is 4.79 Å². The highest BCUT2D eigenvalue weighted by Gasteiger charge is 2.13. The molecule has 0 aliphatic rings. The van der Waals surface area contributed by atoms with Gasteiger partial charge in [0.1, 0.15) is 0 Å². The summed E-state index contributed by atoms with van der Waals surface area (Å²) in [6, 6.07) is 7.82. The summed E-state index contributed by atoms with van der Waals surface area (Å²) in [5.41, 5.74) is 2.03. The smallest absolute Gasteiger partial charge is 0.306 e. The average Bonchev–Trinajstić information content (AvgIpc) is 3.29. The molecule has 0 atom stereocenters. The van der Waals surface area contributed by atoms with Gasteiger partial charge in [-0.05, 0) is 23.8 Å². The highest BCUT2D eigenvalue weighted by Crippen LogP contribution is 2.16. The molecule has 0 aliphatic heterocycles. The molecule has 0 saturated heterocycles. The van der Waals surface area contributed by atoms with Gasteiger partial charge in [0.15, 0.2) is 12.4 Å². The molecule has 0 saturated carbocycles. The molecule has 3 rings (SSSR count). The van der Waals surface area contributed by atoms with E-state index in [1.54, 1.807) is 4.68 Å². The fraction of sp³-hybridized carbons (Fsp3) is 0.412. The van der Waals surface area contributed by atoms with E-state index in [1.165, 1.54) is 0 Å². The molecule has 2 aromatic heterocycles. The molecule has 0 amide bonds. The number of aryl methyl sites for hydroxylation is 3. The van der Waals surface area contributed by atoms with Crippen molar-refractivity contribution in [3.8, 4) is 11.4 Å². The average molecular weight is 356 g/mol. The summed E-state index contributed by atoms with van der Waals surface area (Å²) < 4.78 is 12.0. The van der Waals surface area contributed by atoms with E-state index in [9.17, 15) is 4.79 Å². The molecule has 26 heavy (non-hydrogen) atoms. The van der Waals surface area contributed by atoms with Crippen molar-refractivity contribution >= 4 is 5.97 Å². The van der Waals surface area contributed by atoms with Crippen molar-refractivity contribution < 1.29 is 14.1 Å². The summed E-state index contributed by atoms with van der Waals surface area (Å²) in [7, 11) is 0. The molecule has 2 heterocycles. The van der Waals surface area contributed by atoms with Gasteiger partial charge >= 0.3 is 5.97 Å². The number of tetrazole rings is 1. The molecule has 0 radical (unpaired) electrons. The summed E-state index contributed by atoms with van der Waals surface area (Å²) in [6.45, 7) is 4.76. The maximum Gasteiger partial charge on any atom is 0.306 e. The van der Waals surface area contributed by atoms with Gasteiger partial charge in [-0.2, -0.15) is 4.98 Å². The van der Waals surface area contributed by atoms with Crippen molar-refractivity contribution in [2.75, 3.05) is 0 Å². The van der Waals surface area contributed by atoms with Crippen LogP contribution in [0.25, 0.3) is 11.4 Å². The third-order valence-corrected chi connectivity index (χ3v) is 3.72. The highest BCUT2D eigenvalue weighted by atomic mass is 16.5. The third-order valence-electron chi connectivity index (χ3n) is 3.72. The zero-order valence-electron chi connectivity index (χ0n) is 14.8. The van der Waals surface area contributed by atoms with Crippen LogP contribution in [0.1, 0.15) is 37.0 Å². The zero-order valence-corrected chi connectivity index (χ0v) is 14.8. The van der Waals surface area contributed by atoms with E-state index in [2.05, 4.69) is 25.7 Å². The van der Waals surface area contributed by atoms with E-state index in [0.717, 1.165) is 17.5 Å². The van der Waals surface area contributed by atoms with Crippen LogP contribution in [0.4, 0.5) is 0 Å². The first-order chi connectivity index (χ1) is 12.7. The number of ether oxygens (including phenoxy) is 1. The topological polar surface area (TPSA) is 109 Å². The molecule has 0 unspecified atom stereocenters. The van der Waals surface area contributed by atoms with Gasteiger partial charge in [0, 0.05) is 18.5 Å². The van der Waals surface area contributed by atoms with Gasteiger partial charge in [0.2, 0.25) is 11.7 Å². The molecule has 0 aliphatic carbocycles. The van der Waals surface area contributed by atoms with Crippen LogP contribution in [0.5, 0.6) is 0 Å². The third kappa shape index (κ3) is 4.50. The highest BCUT2D eigenvalue weighted by molar-refractivity contribution is 5.69. The lowest BCUT2D eigenvalue weighted by Gasteiger charge is -2.04. The van der Waals surface area contributed by atoms with Gasteiger partial charge < -0.3 is 9.26 Å². The Morgan fingerprint density at radius 1 is 1.27 bits per heavy atom. The maximum atomic E-state index is 11.9. The van der Waals surface area contributed by atoms with Crippen LogP contribution in [0.15, 0.2) is 28.8 Å². The number of carbonyl (C=O) groups excluding carboxylic acids is 1. The van der Waals surface area contributed by atoms with Crippen molar-refractivity contribution in [3.05, 3.63) is 41.5 Å². The second-order valence-electron chi connectivity index (χ2n) is 5.86.